The smallest absolute Gasteiger partial charge is 0.323 e. The van der Waals surface area contributed by atoms with Crippen LogP contribution in [0.2, 0.25) is 0 Å². The topological polar surface area (TPSA) is 58.8 Å². The molecule has 0 saturated carbocycles. The first kappa shape index (κ1) is 12.0. The van der Waals surface area contributed by atoms with Gasteiger partial charge in [0.15, 0.2) is 0 Å². The Morgan fingerprint density at radius 3 is 2.67 bits per heavy atom. The molecule has 0 radical (unpaired) electrons. The number of rotatable bonds is 2. The van der Waals surface area contributed by atoms with Crippen molar-refractivity contribution < 1.29 is 9.13 Å². The highest BCUT2D eigenvalue weighted by Crippen LogP contribution is 2.21. The van der Waals surface area contributed by atoms with Crippen LogP contribution in [0.25, 0.3) is 0 Å². The number of nitrogens with zero attached hydrogens (tertiary/aromatic N) is 3. The molecule has 0 unspecified atom stereocenters. The van der Waals surface area contributed by atoms with Crippen LogP contribution in [0.5, 0.6) is 11.8 Å². The van der Waals surface area contributed by atoms with E-state index in [9.17, 15) is 4.39 Å². The molecule has 0 aliphatic heterocycles. The fraction of sp³-hybridized carbons (Fsp3) is 0.154. The normalized spacial score (nSPS) is 9.89. The second-order valence-corrected chi connectivity index (χ2v) is 3.80. The lowest BCUT2D eigenvalue weighted by atomic mass is 10.2. The number of aromatic nitrogens is 2. The van der Waals surface area contributed by atoms with Gasteiger partial charge in [-0.15, -0.1) is 0 Å². The van der Waals surface area contributed by atoms with Gasteiger partial charge in [-0.25, -0.2) is 9.37 Å². The van der Waals surface area contributed by atoms with Crippen LogP contribution < -0.4 is 4.74 Å². The standard InChI is InChI=1S/C13H10FN3O/c1-8-3-4-11(6-12(8)14)18-13-16-9(2)5-10(7-15)17-13/h3-6H,1-2H3. The van der Waals surface area contributed by atoms with Crippen LogP contribution in [-0.2, 0) is 0 Å². The van der Waals surface area contributed by atoms with Crippen molar-refractivity contribution in [3.05, 3.63) is 47.0 Å². The van der Waals surface area contributed by atoms with Crippen molar-refractivity contribution in [3.8, 4) is 17.8 Å². The Hall–Kier alpha value is -2.48. The molecule has 0 aliphatic carbocycles. The number of benzene rings is 1. The maximum absolute atomic E-state index is 13.3. The van der Waals surface area contributed by atoms with Crippen molar-refractivity contribution in [1.82, 2.24) is 9.97 Å². The van der Waals surface area contributed by atoms with Gasteiger partial charge in [0.05, 0.1) is 0 Å². The predicted molar refractivity (Wildman–Crippen MR) is 62.7 cm³/mol. The average Bonchev–Trinajstić information content (AvgIpc) is 2.33. The summed E-state index contributed by atoms with van der Waals surface area (Å²) in [5.74, 6) is -0.0618. The molecule has 1 aromatic carbocycles. The van der Waals surface area contributed by atoms with E-state index in [2.05, 4.69) is 9.97 Å². The molecular formula is C13H10FN3O. The van der Waals surface area contributed by atoms with Gasteiger partial charge in [-0.3, -0.25) is 0 Å². The summed E-state index contributed by atoms with van der Waals surface area (Å²) >= 11 is 0. The highest BCUT2D eigenvalue weighted by Gasteiger charge is 2.06. The van der Waals surface area contributed by atoms with Crippen LogP contribution in [0, 0.1) is 31.0 Å². The summed E-state index contributed by atoms with van der Waals surface area (Å²) in [5, 5.41) is 8.78. The van der Waals surface area contributed by atoms with Crippen molar-refractivity contribution in [3.63, 3.8) is 0 Å². The Morgan fingerprint density at radius 1 is 1.22 bits per heavy atom. The van der Waals surface area contributed by atoms with E-state index in [0.717, 1.165) is 0 Å². The zero-order chi connectivity index (χ0) is 13.1. The molecule has 2 rings (SSSR count). The van der Waals surface area contributed by atoms with Crippen molar-refractivity contribution in [2.45, 2.75) is 13.8 Å². The summed E-state index contributed by atoms with van der Waals surface area (Å²) in [6.45, 7) is 3.39. The van der Waals surface area contributed by atoms with Gasteiger partial charge in [0.1, 0.15) is 23.3 Å². The van der Waals surface area contributed by atoms with Crippen LogP contribution >= 0.6 is 0 Å². The fourth-order valence-electron chi connectivity index (χ4n) is 1.39. The monoisotopic (exact) mass is 243 g/mol. The van der Waals surface area contributed by atoms with E-state index in [1.54, 1.807) is 32.0 Å². The maximum Gasteiger partial charge on any atom is 0.323 e. The summed E-state index contributed by atoms with van der Waals surface area (Å²) in [6.07, 6.45) is 0. The second kappa shape index (κ2) is 4.80. The third-order valence-corrected chi connectivity index (χ3v) is 2.30. The molecular weight excluding hydrogens is 233 g/mol. The van der Waals surface area contributed by atoms with E-state index in [0.29, 0.717) is 17.0 Å². The maximum atomic E-state index is 13.3. The van der Waals surface area contributed by atoms with Gasteiger partial charge < -0.3 is 4.74 Å². The molecule has 5 heteroatoms. The molecule has 1 heterocycles. The van der Waals surface area contributed by atoms with Gasteiger partial charge in [-0.2, -0.15) is 10.2 Å². The Labute approximate surface area is 104 Å². The predicted octanol–water partition coefficient (Wildman–Crippen LogP) is 2.90. The molecule has 18 heavy (non-hydrogen) atoms. The molecule has 0 saturated heterocycles. The number of ether oxygens (including phenoxy) is 1. The summed E-state index contributed by atoms with van der Waals surface area (Å²) < 4.78 is 18.7. The third kappa shape index (κ3) is 2.61. The van der Waals surface area contributed by atoms with Crippen LogP contribution in [0.1, 0.15) is 17.0 Å². The lowest BCUT2D eigenvalue weighted by molar-refractivity contribution is 0.435. The van der Waals surface area contributed by atoms with E-state index in [1.165, 1.54) is 6.07 Å². The van der Waals surface area contributed by atoms with Gasteiger partial charge in [-0.1, -0.05) is 6.07 Å². The Bertz CT molecular complexity index is 635. The van der Waals surface area contributed by atoms with Crippen molar-refractivity contribution in [1.29, 1.82) is 5.26 Å². The highest BCUT2D eigenvalue weighted by molar-refractivity contribution is 5.31. The number of aryl methyl sites for hydroxylation is 2. The van der Waals surface area contributed by atoms with E-state index < -0.39 is 0 Å². The SMILES string of the molecule is Cc1cc(C#N)nc(Oc2ccc(C)c(F)c2)n1. The van der Waals surface area contributed by atoms with Crippen molar-refractivity contribution >= 4 is 0 Å². The zero-order valence-electron chi connectivity index (χ0n) is 9.94. The third-order valence-electron chi connectivity index (χ3n) is 2.30. The summed E-state index contributed by atoms with van der Waals surface area (Å²) in [4.78, 5) is 7.90. The van der Waals surface area contributed by atoms with E-state index >= 15 is 0 Å². The summed E-state index contributed by atoms with van der Waals surface area (Å²) in [6, 6.07) is 7.97. The van der Waals surface area contributed by atoms with Gasteiger partial charge in [0.2, 0.25) is 0 Å². The van der Waals surface area contributed by atoms with Crippen LogP contribution in [0.3, 0.4) is 0 Å². The number of hydrogen-bond acceptors (Lipinski definition) is 4. The van der Waals surface area contributed by atoms with Crippen LogP contribution in [-0.4, -0.2) is 9.97 Å². The van der Waals surface area contributed by atoms with Gasteiger partial charge in [-0.05, 0) is 31.5 Å². The minimum Gasteiger partial charge on any atom is -0.424 e. The lowest BCUT2D eigenvalue weighted by Crippen LogP contribution is -1.97. The van der Waals surface area contributed by atoms with E-state index in [-0.39, 0.29) is 17.5 Å². The van der Waals surface area contributed by atoms with Gasteiger partial charge in [0, 0.05) is 11.8 Å². The van der Waals surface area contributed by atoms with Crippen LogP contribution in [0.15, 0.2) is 24.3 Å². The molecule has 0 N–H and O–H groups in total. The Kier molecular flexibility index (Phi) is 3.20. The lowest BCUT2D eigenvalue weighted by Gasteiger charge is -2.05. The number of hydrogen-bond donors (Lipinski definition) is 0. The average molecular weight is 243 g/mol. The molecule has 0 aliphatic rings. The second-order valence-electron chi connectivity index (χ2n) is 3.80. The molecule has 0 amide bonds. The molecule has 0 atom stereocenters. The van der Waals surface area contributed by atoms with Gasteiger partial charge in [0.25, 0.3) is 0 Å². The number of nitriles is 1. The van der Waals surface area contributed by atoms with Crippen molar-refractivity contribution in [2.75, 3.05) is 0 Å². The molecule has 0 fully saturated rings. The zero-order valence-corrected chi connectivity index (χ0v) is 9.94. The summed E-state index contributed by atoms with van der Waals surface area (Å²) in [5.41, 5.74) is 1.36. The molecule has 0 bridgehead atoms. The molecule has 0 spiro atoms. The fourth-order valence-corrected chi connectivity index (χ4v) is 1.39. The minimum atomic E-state index is -0.361. The van der Waals surface area contributed by atoms with Gasteiger partial charge >= 0.3 is 6.01 Å². The Morgan fingerprint density at radius 2 is 2.00 bits per heavy atom. The first-order valence-electron chi connectivity index (χ1n) is 5.28. The summed E-state index contributed by atoms with van der Waals surface area (Å²) in [7, 11) is 0. The van der Waals surface area contributed by atoms with Crippen molar-refractivity contribution in [2.24, 2.45) is 0 Å². The molecule has 90 valence electrons. The van der Waals surface area contributed by atoms with E-state index in [4.69, 9.17) is 10.00 Å². The first-order valence-corrected chi connectivity index (χ1v) is 5.28. The number of halogens is 1. The first-order chi connectivity index (χ1) is 8.58. The highest BCUT2D eigenvalue weighted by atomic mass is 19.1. The largest absolute Gasteiger partial charge is 0.424 e. The molecule has 2 aromatic rings. The van der Waals surface area contributed by atoms with E-state index in [1.807, 2.05) is 6.07 Å². The van der Waals surface area contributed by atoms with Crippen LogP contribution in [0.4, 0.5) is 4.39 Å². The minimum absolute atomic E-state index is 0.0369. The Balaban J connectivity index is 2.31. The quantitative estimate of drug-likeness (QED) is 0.813. The molecule has 1 aromatic heterocycles. The molecule has 4 nitrogen and oxygen atoms in total.